The summed E-state index contributed by atoms with van der Waals surface area (Å²) in [5.41, 5.74) is 9.62. The SMILES string of the molecule is CC(=O)c1c(F)c(F)c(F)c(F)[c]1[Ge]([F])[N](B(N(C(C)C)C(C)C)[N](c1c(C)cccc1C)[Ge]1[N](c2c(C)cccc2C)B(N(C(C)C)C(C)C)[N]1c1c(C)cccc1C)c1c(C)cccc1C. The average Bonchev–Trinajstić information content (AvgIpc) is 3.23. The summed E-state index contributed by atoms with van der Waals surface area (Å²) in [6.45, 7) is 34.2. The molecule has 0 saturated carbocycles. The Morgan fingerprint density at radius 1 is 0.559 bits per heavy atom. The molecule has 1 saturated heterocycles. The van der Waals surface area contributed by atoms with Crippen LogP contribution in [-0.2, 0) is 0 Å². The fraction of sp³-hybridized carbons (Fsp3) is 0.404. The van der Waals surface area contributed by atoms with E-state index < -0.39 is 76.2 Å². The van der Waals surface area contributed by atoms with E-state index in [9.17, 15) is 4.79 Å². The number of nitrogens with zero attached hydrogens (tertiary/aromatic N) is 6. The van der Waals surface area contributed by atoms with Crippen LogP contribution in [0.25, 0.3) is 0 Å². The van der Waals surface area contributed by atoms with Crippen molar-refractivity contribution in [2.24, 2.45) is 0 Å². The maximum atomic E-state index is 19.5. The number of Topliss-reactive ketones (excluding diaryl/α,β-unsaturated/α-hetero) is 1. The van der Waals surface area contributed by atoms with Gasteiger partial charge in [-0.1, -0.05) is 0 Å². The first-order valence-electron chi connectivity index (χ1n) is 23.6. The molecule has 0 spiro atoms. The van der Waals surface area contributed by atoms with Gasteiger partial charge in [0.05, 0.1) is 0 Å². The Kier molecular flexibility index (Phi) is 16.4. The minimum atomic E-state index is -5.35. The van der Waals surface area contributed by atoms with E-state index in [4.69, 9.17) is 0 Å². The number of carbonyl (C=O) groups is 1. The van der Waals surface area contributed by atoms with Crippen LogP contribution in [0.2, 0.25) is 0 Å². The third-order valence-corrected chi connectivity index (χ3v) is 22.5. The van der Waals surface area contributed by atoms with E-state index in [-0.39, 0.29) is 31.3 Å². The number of halogens is 5. The number of carbonyl (C=O) groups excluding carboxylic acids is 1. The summed E-state index contributed by atoms with van der Waals surface area (Å²) in [7, 11) is -1.45. The Hall–Kier alpha value is -4.24. The van der Waals surface area contributed by atoms with Gasteiger partial charge in [0.2, 0.25) is 0 Å². The van der Waals surface area contributed by atoms with Gasteiger partial charge in [0.25, 0.3) is 0 Å². The third kappa shape index (κ3) is 9.40. The molecule has 16 heteroatoms. The molecule has 1 aliphatic heterocycles. The first-order valence-corrected chi connectivity index (χ1v) is 29.2. The zero-order valence-electron chi connectivity index (χ0n) is 42.9. The van der Waals surface area contributed by atoms with Crippen molar-refractivity contribution < 1.29 is 25.9 Å². The van der Waals surface area contributed by atoms with E-state index in [0.29, 0.717) is 16.8 Å². The summed E-state index contributed by atoms with van der Waals surface area (Å²) in [6.07, 6.45) is 0. The second kappa shape index (κ2) is 21.0. The van der Waals surface area contributed by atoms with Crippen LogP contribution in [0, 0.1) is 78.7 Å². The maximum absolute atomic E-state index is 19.5. The first kappa shape index (κ1) is 53.1. The number of ketones is 1. The molecule has 2 radical (unpaired) electrons. The van der Waals surface area contributed by atoms with Crippen LogP contribution in [0.15, 0.2) is 72.8 Å². The van der Waals surface area contributed by atoms with E-state index in [0.717, 1.165) is 57.4 Å². The second-order valence-electron chi connectivity index (χ2n) is 19.6. The van der Waals surface area contributed by atoms with Gasteiger partial charge in [-0.3, -0.25) is 0 Å². The Morgan fingerprint density at radius 2 is 0.912 bits per heavy atom. The number of hydrogen-bond donors (Lipinski definition) is 0. The van der Waals surface area contributed by atoms with Gasteiger partial charge < -0.3 is 0 Å². The molecule has 0 amide bonds. The molecule has 0 aromatic heterocycles. The van der Waals surface area contributed by atoms with Gasteiger partial charge in [-0.05, 0) is 0 Å². The van der Waals surface area contributed by atoms with Crippen LogP contribution in [0.4, 0.5) is 43.8 Å². The molecule has 0 N–H and O–H groups in total. The zero-order chi connectivity index (χ0) is 50.5. The van der Waals surface area contributed by atoms with Crippen LogP contribution in [-0.4, -0.2) is 83.9 Å². The van der Waals surface area contributed by atoms with Crippen LogP contribution >= 0.6 is 0 Å². The summed E-state index contributed by atoms with van der Waals surface area (Å²) in [5, 5.41) is 0. The van der Waals surface area contributed by atoms with Crippen LogP contribution in [0.5, 0.6) is 0 Å². The van der Waals surface area contributed by atoms with E-state index in [1.807, 2.05) is 91.8 Å². The zero-order valence-corrected chi connectivity index (χ0v) is 47.1. The second-order valence-corrected chi connectivity index (χ2v) is 27.1. The van der Waals surface area contributed by atoms with Crippen LogP contribution in [0.1, 0.15) is 117 Å². The predicted octanol–water partition coefficient (Wildman–Crippen LogP) is 11.8. The van der Waals surface area contributed by atoms with E-state index in [1.165, 1.54) is 0 Å². The normalized spacial score (nSPS) is 13.4. The van der Waals surface area contributed by atoms with Gasteiger partial charge in [-0.2, -0.15) is 0 Å². The van der Waals surface area contributed by atoms with Crippen LogP contribution in [0.3, 0.4) is 0 Å². The van der Waals surface area contributed by atoms with Crippen molar-refractivity contribution in [1.82, 2.24) is 9.62 Å². The molecule has 0 aliphatic carbocycles. The molecule has 0 unspecified atom stereocenters. The van der Waals surface area contributed by atoms with E-state index >= 15 is 21.1 Å². The molecule has 0 atom stereocenters. The van der Waals surface area contributed by atoms with Gasteiger partial charge in [0.1, 0.15) is 0 Å². The molecule has 68 heavy (non-hydrogen) atoms. The van der Waals surface area contributed by atoms with Crippen molar-refractivity contribution >= 4 is 77.2 Å². The first-order chi connectivity index (χ1) is 31.9. The summed E-state index contributed by atoms with van der Waals surface area (Å²) in [5.74, 6) is -9.19. The number of rotatable bonds is 16. The summed E-state index contributed by atoms with van der Waals surface area (Å²) >= 11 is -8.96. The molecule has 1 fully saturated rings. The van der Waals surface area contributed by atoms with Gasteiger partial charge in [0, 0.05) is 0 Å². The van der Waals surface area contributed by atoms with Crippen molar-refractivity contribution in [2.45, 2.75) is 142 Å². The fourth-order valence-corrected chi connectivity index (χ4v) is 22.8. The average molecular weight is 1050 g/mol. The van der Waals surface area contributed by atoms with Crippen molar-refractivity contribution in [2.75, 3.05) is 15.1 Å². The molecule has 0 bridgehead atoms. The van der Waals surface area contributed by atoms with Gasteiger partial charge >= 0.3 is 416 Å². The number of benzene rings is 5. The molecule has 1 heterocycles. The van der Waals surface area contributed by atoms with Crippen molar-refractivity contribution in [3.05, 3.63) is 146 Å². The Bertz CT molecular complexity index is 2530. The van der Waals surface area contributed by atoms with Gasteiger partial charge in [0.15, 0.2) is 0 Å². The van der Waals surface area contributed by atoms with Crippen molar-refractivity contribution in [3.63, 3.8) is 0 Å². The molecule has 7 nitrogen and oxygen atoms in total. The molecule has 360 valence electrons. The van der Waals surface area contributed by atoms with E-state index in [2.05, 4.69) is 113 Å². The monoisotopic (exact) mass is 1060 g/mol. The Balaban J connectivity index is 1.92. The van der Waals surface area contributed by atoms with Crippen molar-refractivity contribution in [3.8, 4) is 0 Å². The van der Waals surface area contributed by atoms with Gasteiger partial charge in [-0.25, -0.2) is 0 Å². The number of anilines is 4. The van der Waals surface area contributed by atoms with Crippen LogP contribution < -0.4 is 19.5 Å². The number of aryl methyl sites for hydroxylation is 8. The Labute approximate surface area is 413 Å². The molecule has 6 rings (SSSR count). The quantitative estimate of drug-likeness (QED) is 0.0320. The predicted molar refractivity (Wildman–Crippen MR) is 278 cm³/mol. The third-order valence-electron chi connectivity index (χ3n) is 13.2. The van der Waals surface area contributed by atoms with E-state index in [1.54, 1.807) is 3.77 Å². The molecule has 1 aliphatic rings. The number of para-hydroxylation sites is 4. The topological polar surface area (TPSA) is 36.5 Å². The molecular formula is C52H67B2F5Ge2N6O. The van der Waals surface area contributed by atoms with Crippen molar-refractivity contribution in [1.29, 1.82) is 0 Å². The fourth-order valence-electron chi connectivity index (χ4n) is 10.6. The molecule has 5 aromatic rings. The molecule has 5 aromatic carbocycles. The summed E-state index contributed by atoms with van der Waals surface area (Å²) in [4.78, 5) is 18.2. The standard InChI is InChI=1S/C52H67B2F5Ge2N6O/c1-30(2)62(31(3)4)53(64(49-34(9)22-18-23-35(49)10)60(59)48-43(42(17)68)44(55)45(56)46(57)47(48)58)65(50-36(11)24-19-25-37(50)12)61-66(51-38(13)26-20-27-39(51)14)54(63(32(5)6)33(7)8)67(61)52-40(15)28-21-29-41(52)16/h18-33H,1-17H3. The summed E-state index contributed by atoms with van der Waals surface area (Å²) < 4.78 is 91.8. The summed E-state index contributed by atoms with van der Waals surface area (Å²) in [6, 6.07) is 23.8. The molecular weight excluding hydrogens is 986 g/mol. The minimum absolute atomic E-state index is 0.0668. The van der Waals surface area contributed by atoms with Gasteiger partial charge in [-0.15, -0.1) is 0 Å². The number of hydrogen-bond acceptors (Lipinski definition) is 7. The Morgan fingerprint density at radius 3 is 1.26 bits per heavy atom.